The van der Waals surface area contributed by atoms with Crippen LogP contribution in [0.5, 0.6) is 0 Å². The van der Waals surface area contributed by atoms with E-state index in [4.69, 9.17) is 16.3 Å². The van der Waals surface area contributed by atoms with Crippen molar-refractivity contribution in [3.05, 3.63) is 76.8 Å². The second-order valence-corrected chi connectivity index (χ2v) is 8.29. The highest BCUT2D eigenvalue weighted by atomic mass is 35.5. The first kappa shape index (κ1) is 19.4. The largest absolute Gasteiger partial charge is 0.354 e. The van der Waals surface area contributed by atoms with Crippen LogP contribution in [0.4, 0.5) is 4.39 Å². The minimum Gasteiger partial charge on any atom is -0.354 e. The molecule has 7 heteroatoms. The fourth-order valence-electron chi connectivity index (χ4n) is 3.35. The Labute approximate surface area is 173 Å². The monoisotopic (exact) mass is 417 g/mol. The Morgan fingerprint density at radius 1 is 1.21 bits per heavy atom. The summed E-state index contributed by atoms with van der Waals surface area (Å²) >= 11 is 8.11. The second kappa shape index (κ2) is 8.23. The smallest absolute Gasteiger partial charge is 0.186 e. The molecule has 28 heavy (non-hydrogen) atoms. The third kappa shape index (κ3) is 3.81. The molecule has 4 nitrogen and oxygen atoms in total. The molecule has 0 unspecified atom stereocenters. The van der Waals surface area contributed by atoms with E-state index < -0.39 is 5.60 Å². The highest BCUT2D eigenvalue weighted by molar-refractivity contribution is 7.99. The van der Waals surface area contributed by atoms with Crippen molar-refractivity contribution >= 4 is 23.4 Å². The third-order valence-electron chi connectivity index (χ3n) is 4.91. The van der Waals surface area contributed by atoms with Crippen LogP contribution in [0.15, 0.2) is 60.0 Å². The molecule has 1 fully saturated rings. The van der Waals surface area contributed by atoms with Crippen LogP contribution in [0.2, 0.25) is 5.02 Å². The Kier molecular flexibility index (Phi) is 5.71. The number of hydrogen-bond acceptors (Lipinski definition) is 4. The van der Waals surface area contributed by atoms with Gasteiger partial charge in [0.1, 0.15) is 23.8 Å². The minimum atomic E-state index is -0.646. The van der Waals surface area contributed by atoms with Gasteiger partial charge in [0.2, 0.25) is 0 Å². The van der Waals surface area contributed by atoms with Gasteiger partial charge in [-0.25, -0.2) is 14.1 Å². The number of nitrogens with zero attached hydrogens (tertiary/aromatic N) is 3. The van der Waals surface area contributed by atoms with Gasteiger partial charge in [-0.05, 0) is 30.2 Å². The summed E-state index contributed by atoms with van der Waals surface area (Å²) in [6, 6.07) is 14.1. The first-order valence-electron chi connectivity index (χ1n) is 9.33. The van der Waals surface area contributed by atoms with Crippen molar-refractivity contribution in [2.75, 3.05) is 5.75 Å². The fourth-order valence-corrected chi connectivity index (χ4v) is 4.58. The van der Waals surface area contributed by atoms with Crippen molar-refractivity contribution < 1.29 is 9.13 Å². The maximum absolute atomic E-state index is 13.5. The van der Waals surface area contributed by atoms with Gasteiger partial charge in [0.25, 0.3) is 0 Å². The molecule has 0 saturated carbocycles. The molecule has 1 aliphatic heterocycles. The van der Waals surface area contributed by atoms with Gasteiger partial charge < -0.3 is 4.74 Å². The average molecular weight is 418 g/mol. The number of aromatic nitrogens is 3. The van der Waals surface area contributed by atoms with E-state index in [-0.39, 0.29) is 11.9 Å². The van der Waals surface area contributed by atoms with Crippen LogP contribution in [0, 0.1) is 5.82 Å². The predicted octanol–water partition coefficient (Wildman–Crippen LogP) is 5.63. The first-order chi connectivity index (χ1) is 13.6. The van der Waals surface area contributed by atoms with Crippen molar-refractivity contribution in [3.63, 3.8) is 0 Å². The topological polar surface area (TPSA) is 43.2 Å². The van der Waals surface area contributed by atoms with E-state index in [1.165, 1.54) is 12.1 Å². The summed E-state index contributed by atoms with van der Waals surface area (Å²) in [5.41, 5.74) is 1.18. The number of unbranched alkanes of at least 4 members (excludes halogenated alkanes) is 1. The van der Waals surface area contributed by atoms with E-state index in [2.05, 4.69) is 17.0 Å². The molecule has 1 aliphatic rings. The van der Waals surface area contributed by atoms with Gasteiger partial charge >= 0.3 is 0 Å². The number of thioether (sulfide) groups is 1. The van der Waals surface area contributed by atoms with E-state index in [1.54, 1.807) is 30.2 Å². The van der Waals surface area contributed by atoms with Crippen molar-refractivity contribution in [1.82, 2.24) is 14.8 Å². The normalized spacial score (nSPS) is 21.0. The first-order valence-corrected chi connectivity index (χ1v) is 10.7. The SMILES string of the molecule is CCCCSc1ncnn1C[C@@]1(c2ccc(F)cc2)O[C@@H]1c1ccccc1Cl. The molecule has 0 radical (unpaired) electrons. The van der Waals surface area contributed by atoms with Crippen LogP contribution < -0.4 is 0 Å². The highest BCUT2D eigenvalue weighted by Crippen LogP contribution is 2.59. The molecule has 0 amide bonds. The zero-order valence-corrected chi connectivity index (χ0v) is 17.1. The lowest BCUT2D eigenvalue weighted by molar-refractivity contribution is 0.256. The van der Waals surface area contributed by atoms with E-state index in [9.17, 15) is 4.39 Å². The highest BCUT2D eigenvalue weighted by Gasteiger charge is 2.59. The Morgan fingerprint density at radius 3 is 2.75 bits per heavy atom. The van der Waals surface area contributed by atoms with Crippen molar-refractivity contribution in [1.29, 1.82) is 0 Å². The Balaban J connectivity index is 1.66. The average Bonchev–Trinajstić information content (AvgIpc) is 3.25. The number of hydrogen-bond donors (Lipinski definition) is 0. The van der Waals surface area contributed by atoms with Gasteiger partial charge in [0, 0.05) is 16.3 Å². The van der Waals surface area contributed by atoms with E-state index in [1.807, 2.05) is 28.9 Å². The van der Waals surface area contributed by atoms with Crippen LogP contribution in [-0.4, -0.2) is 20.5 Å². The Bertz CT molecular complexity index is 949. The quantitative estimate of drug-likeness (QED) is 0.270. The summed E-state index contributed by atoms with van der Waals surface area (Å²) in [6.45, 7) is 2.66. The van der Waals surface area contributed by atoms with Gasteiger partial charge in [-0.2, -0.15) is 5.10 Å². The van der Waals surface area contributed by atoms with Gasteiger partial charge in [-0.1, -0.05) is 67.0 Å². The summed E-state index contributed by atoms with van der Waals surface area (Å²) in [5.74, 6) is 0.721. The molecular formula is C21H21ClFN3OS. The standard InChI is InChI=1S/C21H21ClFN3OS/c1-2-3-12-28-20-24-14-25-26(20)13-21(15-8-10-16(23)11-9-15)19(27-21)17-6-4-5-7-18(17)22/h4-11,14,19H,2-3,12-13H2,1H3/t19-,21+/m1/s1. The summed E-state index contributed by atoms with van der Waals surface area (Å²) in [4.78, 5) is 4.40. The molecule has 2 atom stereocenters. The van der Waals surface area contributed by atoms with Crippen molar-refractivity contribution in [3.8, 4) is 0 Å². The number of halogens is 2. The van der Waals surface area contributed by atoms with Crippen LogP contribution in [0.25, 0.3) is 0 Å². The minimum absolute atomic E-state index is 0.218. The zero-order valence-electron chi connectivity index (χ0n) is 15.5. The molecule has 2 heterocycles. The maximum Gasteiger partial charge on any atom is 0.186 e. The van der Waals surface area contributed by atoms with Crippen molar-refractivity contribution in [2.45, 2.75) is 43.2 Å². The van der Waals surface area contributed by atoms with Crippen LogP contribution in [0.1, 0.15) is 37.0 Å². The lowest BCUT2D eigenvalue weighted by atomic mass is 9.91. The molecule has 1 saturated heterocycles. The summed E-state index contributed by atoms with van der Waals surface area (Å²) in [6.07, 6.45) is 3.61. The molecular weight excluding hydrogens is 397 g/mol. The second-order valence-electron chi connectivity index (χ2n) is 6.82. The lowest BCUT2D eigenvalue weighted by Crippen LogP contribution is -2.20. The molecule has 0 spiro atoms. The lowest BCUT2D eigenvalue weighted by Gasteiger charge is -2.16. The van der Waals surface area contributed by atoms with Gasteiger partial charge in [0.05, 0.1) is 6.54 Å². The summed E-state index contributed by atoms with van der Waals surface area (Å²) < 4.78 is 21.6. The van der Waals surface area contributed by atoms with E-state index in [0.717, 1.165) is 34.9 Å². The summed E-state index contributed by atoms with van der Waals surface area (Å²) in [5, 5.41) is 5.94. The Hall–Kier alpha value is -1.89. The fraction of sp³-hybridized carbons (Fsp3) is 0.333. The number of epoxide rings is 1. The Morgan fingerprint density at radius 2 is 2.00 bits per heavy atom. The molecule has 146 valence electrons. The molecule has 3 aromatic rings. The van der Waals surface area contributed by atoms with Gasteiger partial charge in [-0.15, -0.1) is 0 Å². The molecule has 0 N–H and O–H groups in total. The summed E-state index contributed by atoms with van der Waals surface area (Å²) in [7, 11) is 0. The molecule has 4 rings (SSSR count). The number of benzene rings is 2. The van der Waals surface area contributed by atoms with Crippen LogP contribution in [0.3, 0.4) is 0 Å². The van der Waals surface area contributed by atoms with Crippen molar-refractivity contribution in [2.24, 2.45) is 0 Å². The molecule has 0 aliphatic carbocycles. The number of ether oxygens (including phenoxy) is 1. The molecule has 2 aromatic carbocycles. The molecule has 0 bridgehead atoms. The third-order valence-corrected chi connectivity index (χ3v) is 6.32. The van der Waals surface area contributed by atoms with E-state index in [0.29, 0.717) is 11.6 Å². The van der Waals surface area contributed by atoms with Gasteiger partial charge in [0.15, 0.2) is 5.16 Å². The van der Waals surface area contributed by atoms with Crippen LogP contribution >= 0.6 is 23.4 Å². The van der Waals surface area contributed by atoms with Gasteiger partial charge in [-0.3, -0.25) is 0 Å². The predicted molar refractivity (Wildman–Crippen MR) is 109 cm³/mol. The van der Waals surface area contributed by atoms with Crippen LogP contribution in [-0.2, 0) is 16.9 Å². The molecule has 1 aromatic heterocycles. The zero-order chi connectivity index (χ0) is 19.6. The number of rotatable bonds is 8. The maximum atomic E-state index is 13.5. The van der Waals surface area contributed by atoms with E-state index >= 15 is 0 Å².